The summed E-state index contributed by atoms with van der Waals surface area (Å²) >= 11 is 1.51. The second kappa shape index (κ2) is 7.15. The molecular weight excluding hydrogens is 366 g/mol. The molecule has 5 heteroatoms. The zero-order valence-corrected chi connectivity index (χ0v) is 16.8. The van der Waals surface area contributed by atoms with E-state index in [4.69, 9.17) is 0 Å². The molecule has 142 valence electrons. The van der Waals surface area contributed by atoms with Crippen molar-refractivity contribution in [2.45, 2.75) is 19.4 Å². The Morgan fingerprint density at radius 3 is 2.68 bits per heavy atom. The summed E-state index contributed by atoms with van der Waals surface area (Å²) in [6, 6.07) is 19.1. The van der Waals surface area contributed by atoms with Crippen molar-refractivity contribution < 1.29 is 4.79 Å². The molecule has 3 heterocycles. The van der Waals surface area contributed by atoms with Crippen LogP contribution in [0.2, 0.25) is 0 Å². The molecule has 1 aromatic heterocycles. The van der Waals surface area contributed by atoms with Crippen LogP contribution in [0.25, 0.3) is 10.6 Å². The van der Waals surface area contributed by atoms with Gasteiger partial charge >= 0.3 is 0 Å². The molecule has 0 N–H and O–H groups in total. The lowest BCUT2D eigenvalue weighted by Gasteiger charge is -2.44. The summed E-state index contributed by atoms with van der Waals surface area (Å²) < 4.78 is 0. The first-order valence-corrected chi connectivity index (χ1v) is 10.7. The smallest absolute Gasteiger partial charge is 0.265 e. The van der Waals surface area contributed by atoms with E-state index in [1.54, 1.807) is 0 Å². The number of fused-ring (bicyclic) bond motifs is 3. The van der Waals surface area contributed by atoms with Gasteiger partial charge < -0.3 is 4.90 Å². The van der Waals surface area contributed by atoms with Crippen LogP contribution in [0, 0.1) is 6.92 Å². The summed E-state index contributed by atoms with van der Waals surface area (Å²) in [6.07, 6.45) is 1.11. The van der Waals surface area contributed by atoms with Crippen LogP contribution in [0.4, 0.5) is 0 Å². The van der Waals surface area contributed by atoms with Gasteiger partial charge in [0, 0.05) is 31.7 Å². The van der Waals surface area contributed by atoms with Crippen LogP contribution in [0.1, 0.15) is 32.5 Å². The van der Waals surface area contributed by atoms with Crippen LogP contribution in [0.3, 0.4) is 0 Å². The van der Waals surface area contributed by atoms with Gasteiger partial charge in [-0.1, -0.05) is 54.6 Å². The third-order valence-corrected chi connectivity index (χ3v) is 7.07. The topological polar surface area (TPSA) is 36.4 Å². The summed E-state index contributed by atoms with van der Waals surface area (Å²) in [5, 5.41) is 0.920. The van der Waals surface area contributed by atoms with E-state index in [0.717, 1.165) is 53.7 Å². The van der Waals surface area contributed by atoms with Gasteiger partial charge in [-0.15, -0.1) is 11.3 Å². The first kappa shape index (κ1) is 17.6. The average Bonchev–Trinajstić information content (AvgIpc) is 3.15. The number of benzene rings is 2. The van der Waals surface area contributed by atoms with Crippen LogP contribution in [-0.4, -0.2) is 46.9 Å². The van der Waals surface area contributed by atoms with E-state index >= 15 is 0 Å². The zero-order chi connectivity index (χ0) is 19.1. The minimum atomic E-state index is 0.125. The van der Waals surface area contributed by atoms with Gasteiger partial charge in [0.15, 0.2) is 0 Å². The molecule has 0 aliphatic carbocycles. The number of amides is 1. The highest BCUT2D eigenvalue weighted by atomic mass is 32.1. The highest BCUT2D eigenvalue weighted by Crippen LogP contribution is 2.34. The number of thiazole rings is 1. The molecule has 2 aliphatic heterocycles. The maximum atomic E-state index is 13.3. The zero-order valence-electron chi connectivity index (χ0n) is 16.0. The normalized spacial score (nSPS) is 19.2. The molecule has 0 spiro atoms. The second-order valence-electron chi connectivity index (χ2n) is 7.55. The Hall–Kier alpha value is -2.50. The number of carbonyl (C=O) groups is 1. The molecule has 0 radical (unpaired) electrons. The van der Waals surface area contributed by atoms with E-state index in [1.165, 1.54) is 22.5 Å². The molecule has 0 bridgehead atoms. The molecule has 3 aromatic rings. The van der Waals surface area contributed by atoms with E-state index in [2.05, 4.69) is 34.1 Å². The third-order valence-electron chi connectivity index (χ3n) is 5.87. The van der Waals surface area contributed by atoms with Crippen molar-refractivity contribution in [1.82, 2.24) is 14.8 Å². The highest BCUT2D eigenvalue weighted by molar-refractivity contribution is 7.17. The van der Waals surface area contributed by atoms with Crippen LogP contribution >= 0.6 is 11.3 Å². The SMILES string of the molecule is Cc1nc(-c2ccccc2)sc1C(=O)N1CCN2CCc3ccccc3C2C1. The van der Waals surface area contributed by atoms with Crippen molar-refractivity contribution in [3.63, 3.8) is 0 Å². The second-order valence-corrected chi connectivity index (χ2v) is 8.55. The van der Waals surface area contributed by atoms with Gasteiger partial charge in [0.05, 0.1) is 11.7 Å². The van der Waals surface area contributed by atoms with Gasteiger partial charge in [-0.3, -0.25) is 9.69 Å². The number of rotatable bonds is 2. The number of carbonyl (C=O) groups excluding carboxylic acids is 1. The van der Waals surface area contributed by atoms with Crippen molar-refractivity contribution in [3.05, 3.63) is 76.3 Å². The number of aryl methyl sites for hydroxylation is 1. The maximum absolute atomic E-state index is 13.3. The van der Waals surface area contributed by atoms with Crippen LogP contribution in [0.15, 0.2) is 54.6 Å². The Morgan fingerprint density at radius 1 is 1.04 bits per heavy atom. The van der Waals surface area contributed by atoms with Crippen LogP contribution in [-0.2, 0) is 6.42 Å². The van der Waals surface area contributed by atoms with Crippen molar-refractivity contribution in [2.24, 2.45) is 0 Å². The quantitative estimate of drug-likeness (QED) is 0.660. The van der Waals surface area contributed by atoms with Gasteiger partial charge in [0.2, 0.25) is 0 Å². The average molecular weight is 390 g/mol. The molecule has 1 amide bonds. The molecule has 1 saturated heterocycles. The number of piperazine rings is 1. The number of aromatic nitrogens is 1. The Kier molecular flexibility index (Phi) is 4.49. The first-order valence-electron chi connectivity index (χ1n) is 9.84. The lowest BCUT2D eigenvalue weighted by Crippen LogP contribution is -2.52. The van der Waals surface area contributed by atoms with Gasteiger partial charge in [0.1, 0.15) is 9.88 Å². The van der Waals surface area contributed by atoms with Crippen molar-refractivity contribution in [1.29, 1.82) is 0 Å². The van der Waals surface area contributed by atoms with Crippen LogP contribution < -0.4 is 0 Å². The van der Waals surface area contributed by atoms with Crippen molar-refractivity contribution >= 4 is 17.2 Å². The van der Waals surface area contributed by atoms with Gasteiger partial charge in [0.25, 0.3) is 5.91 Å². The Labute approximate surface area is 169 Å². The Balaban J connectivity index is 1.41. The van der Waals surface area contributed by atoms with E-state index < -0.39 is 0 Å². The van der Waals surface area contributed by atoms with Crippen molar-refractivity contribution in [3.8, 4) is 10.6 Å². The van der Waals surface area contributed by atoms with Gasteiger partial charge in [-0.25, -0.2) is 4.98 Å². The molecule has 0 saturated carbocycles. The number of nitrogens with zero attached hydrogens (tertiary/aromatic N) is 3. The summed E-state index contributed by atoms with van der Waals surface area (Å²) in [7, 11) is 0. The third kappa shape index (κ3) is 3.05. The standard InChI is InChI=1S/C23H23N3OS/c1-16-21(28-22(24-16)18-8-3-2-4-9-18)23(27)26-14-13-25-12-11-17-7-5-6-10-19(17)20(25)15-26/h2-10,20H,11-15H2,1H3. The summed E-state index contributed by atoms with van der Waals surface area (Å²) in [6.45, 7) is 5.52. The lowest BCUT2D eigenvalue weighted by atomic mass is 9.91. The fourth-order valence-corrected chi connectivity index (χ4v) is 5.40. The molecule has 1 atom stereocenters. The molecule has 5 rings (SSSR count). The Bertz CT molecular complexity index is 1010. The summed E-state index contributed by atoms with van der Waals surface area (Å²) in [5.74, 6) is 0.125. The largest absolute Gasteiger partial charge is 0.335 e. The molecule has 1 unspecified atom stereocenters. The lowest BCUT2D eigenvalue weighted by molar-refractivity contribution is 0.0457. The minimum absolute atomic E-state index is 0.125. The van der Waals surface area contributed by atoms with Crippen molar-refractivity contribution in [2.75, 3.05) is 26.2 Å². The van der Waals surface area contributed by atoms with Crippen LogP contribution in [0.5, 0.6) is 0 Å². The molecule has 2 aromatic carbocycles. The van der Waals surface area contributed by atoms with E-state index in [9.17, 15) is 4.79 Å². The molecule has 28 heavy (non-hydrogen) atoms. The predicted octanol–water partition coefficient (Wildman–Crippen LogP) is 4.17. The fraction of sp³-hybridized carbons (Fsp3) is 0.304. The number of hydrogen-bond donors (Lipinski definition) is 0. The molecular formula is C23H23N3OS. The molecule has 1 fully saturated rings. The minimum Gasteiger partial charge on any atom is -0.335 e. The summed E-state index contributed by atoms with van der Waals surface area (Å²) in [4.78, 5) is 23.3. The fourth-order valence-electron chi connectivity index (χ4n) is 4.36. The van der Waals surface area contributed by atoms with Gasteiger partial charge in [-0.2, -0.15) is 0 Å². The van der Waals surface area contributed by atoms with Gasteiger partial charge in [-0.05, 0) is 24.5 Å². The predicted molar refractivity (Wildman–Crippen MR) is 113 cm³/mol. The van der Waals surface area contributed by atoms with E-state index in [-0.39, 0.29) is 5.91 Å². The van der Waals surface area contributed by atoms with E-state index in [1.807, 2.05) is 42.2 Å². The molecule has 4 nitrogen and oxygen atoms in total. The monoisotopic (exact) mass is 389 g/mol. The Morgan fingerprint density at radius 2 is 1.82 bits per heavy atom. The van der Waals surface area contributed by atoms with E-state index in [0.29, 0.717) is 6.04 Å². The highest BCUT2D eigenvalue weighted by Gasteiger charge is 2.35. The first-order chi connectivity index (χ1) is 13.7. The maximum Gasteiger partial charge on any atom is 0.265 e. The molecule has 2 aliphatic rings. The number of hydrogen-bond acceptors (Lipinski definition) is 4. The summed E-state index contributed by atoms with van der Waals surface area (Å²) in [5.41, 5.74) is 4.72.